The van der Waals surface area contributed by atoms with Crippen LogP contribution in [0.3, 0.4) is 0 Å². The van der Waals surface area contributed by atoms with Gasteiger partial charge in [0.05, 0.1) is 12.9 Å². The van der Waals surface area contributed by atoms with E-state index in [1.165, 1.54) is 0 Å². The number of nitrogens with one attached hydrogen (secondary N) is 1. The molecule has 0 bridgehead atoms. The maximum absolute atomic E-state index is 12.1. The Labute approximate surface area is 152 Å². The number of hydrogen-bond acceptors (Lipinski definition) is 6. The molecule has 0 fully saturated rings. The summed E-state index contributed by atoms with van der Waals surface area (Å²) in [6.07, 6.45) is 0.317. The molecule has 0 unspecified atom stereocenters. The Morgan fingerprint density at radius 3 is 2.50 bits per heavy atom. The first-order chi connectivity index (χ1) is 12.6. The third-order valence-electron chi connectivity index (χ3n) is 3.68. The molecule has 1 heterocycles. The zero-order valence-electron chi connectivity index (χ0n) is 14.3. The van der Waals surface area contributed by atoms with Crippen LogP contribution in [0.2, 0.25) is 0 Å². The smallest absolute Gasteiger partial charge is 0.228 e. The summed E-state index contributed by atoms with van der Waals surface area (Å²) in [5.74, 6) is 1.51. The van der Waals surface area contributed by atoms with Crippen molar-refractivity contribution in [1.29, 1.82) is 0 Å². The minimum Gasteiger partial charge on any atom is -0.497 e. The molecule has 0 radical (unpaired) electrons. The molecule has 0 spiro atoms. The summed E-state index contributed by atoms with van der Waals surface area (Å²) in [6, 6.07) is 16.3. The molecule has 3 aromatic rings. The van der Waals surface area contributed by atoms with E-state index < -0.39 is 10.0 Å². The van der Waals surface area contributed by atoms with E-state index in [-0.39, 0.29) is 12.3 Å². The molecule has 2 aromatic carbocycles. The Balaban J connectivity index is 1.54. The van der Waals surface area contributed by atoms with Gasteiger partial charge < -0.3 is 9.26 Å². The lowest BCUT2D eigenvalue weighted by atomic mass is 10.2. The summed E-state index contributed by atoms with van der Waals surface area (Å²) in [5, 5.41) is 3.92. The molecule has 26 heavy (non-hydrogen) atoms. The SMILES string of the molecule is COc1ccc(-c2noc(CCNS(=O)(=O)Cc3ccccc3)n2)cc1. The van der Waals surface area contributed by atoms with Gasteiger partial charge in [0.2, 0.25) is 21.7 Å². The van der Waals surface area contributed by atoms with Crippen LogP contribution >= 0.6 is 0 Å². The third-order valence-corrected chi connectivity index (χ3v) is 5.03. The standard InChI is InChI=1S/C18H19N3O4S/c1-24-16-9-7-15(8-10-16)18-20-17(25-21-18)11-12-19-26(22,23)13-14-5-3-2-4-6-14/h2-10,19H,11-13H2,1H3. The summed E-state index contributed by atoms with van der Waals surface area (Å²) >= 11 is 0. The molecule has 0 aliphatic rings. The van der Waals surface area contributed by atoms with Crippen molar-refractivity contribution < 1.29 is 17.7 Å². The van der Waals surface area contributed by atoms with Crippen molar-refractivity contribution in [3.8, 4) is 17.1 Å². The Kier molecular flexibility index (Phi) is 5.65. The highest BCUT2D eigenvalue weighted by molar-refractivity contribution is 7.88. The lowest BCUT2D eigenvalue weighted by Crippen LogP contribution is -2.27. The highest BCUT2D eigenvalue weighted by Gasteiger charge is 2.13. The van der Waals surface area contributed by atoms with Crippen molar-refractivity contribution in [3.05, 3.63) is 66.1 Å². The average Bonchev–Trinajstić information content (AvgIpc) is 3.11. The molecule has 0 atom stereocenters. The topological polar surface area (TPSA) is 94.3 Å². The van der Waals surface area contributed by atoms with Gasteiger partial charge in [-0.1, -0.05) is 35.5 Å². The second kappa shape index (κ2) is 8.11. The fourth-order valence-corrected chi connectivity index (χ4v) is 3.52. The molecule has 0 amide bonds. The number of hydrogen-bond donors (Lipinski definition) is 1. The predicted octanol–water partition coefficient (Wildman–Crippen LogP) is 2.41. The zero-order chi connectivity index (χ0) is 18.4. The van der Waals surface area contributed by atoms with Crippen molar-refractivity contribution in [2.75, 3.05) is 13.7 Å². The predicted molar refractivity (Wildman–Crippen MR) is 97.1 cm³/mol. The van der Waals surface area contributed by atoms with Gasteiger partial charge in [-0.2, -0.15) is 4.98 Å². The second-order valence-corrected chi connectivity index (χ2v) is 7.44. The van der Waals surface area contributed by atoms with Crippen LogP contribution in [-0.4, -0.2) is 32.2 Å². The van der Waals surface area contributed by atoms with Gasteiger partial charge >= 0.3 is 0 Å². The van der Waals surface area contributed by atoms with E-state index in [1.54, 1.807) is 19.2 Å². The first-order valence-electron chi connectivity index (χ1n) is 8.04. The lowest BCUT2D eigenvalue weighted by Gasteiger charge is -2.05. The highest BCUT2D eigenvalue weighted by Crippen LogP contribution is 2.19. The third kappa shape index (κ3) is 4.90. The van der Waals surface area contributed by atoms with Gasteiger partial charge in [-0.25, -0.2) is 13.1 Å². The molecular weight excluding hydrogens is 354 g/mol. The van der Waals surface area contributed by atoms with E-state index >= 15 is 0 Å². The molecule has 0 aliphatic carbocycles. The second-order valence-electron chi connectivity index (χ2n) is 5.63. The molecule has 1 N–H and O–H groups in total. The maximum Gasteiger partial charge on any atom is 0.228 e. The van der Waals surface area contributed by atoms with Crippen molar-refractivity contribution in [3.63, 3.8) is 0 Å². The Hall–Kier alpha value is -2.71. The Morgan fingerprint density at radius 1 is 1.08 bits per heavy atom. The number of benzene rings is 2. The van der Waals surface area contributed by atoms with E-state index in [9.17, 15) is 8.42 Å². The molecule has 8 heteroatoms. The first-order valence-corrected chi connectivity index (χ1v) is 9.69. The van der Waals surface area contributed by atoms with Gasteiger partial charge in [0.1, 0.15) is 5.75 Å². The molecule has 3 rings (SSSR count). The fraction of sp³-hybridized carbons (Fsp3) is 0.222. The van der Waals surface area contributed by atoms with Crippen molar-refractivity contribution >= 4 is 10.0 Å². The number of nitrogens with zero attached hydrogens (tertiary/aromatic N) is 2. The van der Waals surface area contributed by atoms with Crippen LogP contribution in [0.15, 0.2) is 59.1 Å². The van der Waals surface area contributed by atoms with Crippen LogP contribution < -0.4 is 9.46 Å². The van der Waals surface area contributed by atoms with Gasteiger partial charge in [0.25, 0.3) is 0 Å². The minimum absolute atomic E-state index is 0.0607. The van der Waals surface area contributed by atoms with E-state index in [4.69, 9.17) is 9.26 Å². The van der Waals surface area contributed by atoms with E-state index in [0.29, 0.717) is 18.1 Å². The quantitative estimate of drug-likeness (QED) is 0.652. The summed E-state index contributed by atoms with van der Waals surface area (Å²) in [7, 11) is -1.81. The summed E-state index contributed by atoms with van der Waals surface area (Å²) < 4.78 is 37.0. The van der Waals surface area contributed by atoms with Crippen LogP contribution in [0.1, 0.15) is 11.5 Å². The van der Waals surface area contributed by atoms with Crippen LogP contribution in [-0.2, 0) is 22.2 Å². The minimum atomic E-state index is -3.41. The highest BCUT2D eigenvalue weighted by atomic mass is 32.2. The van der Waals surface area contributed by atoms with Crippen molar-refractivity contribution in [2.45, 2.75) is 12.2 Å². The maximum atomic E-state index is 12.1. The fourth-order valence-electron chi connectivity index (χ4n) is 2.37. The number of aromatic nitrogens is 2. The number of rotatable bonds is 8. The summed E-state index contributed by atoms with van der Waals surface area (Å²) in [6.45, 7) is 0.194. The molecule has 0 aliphatic heterocycles. The number of ether oxygens (including phenoxy) is 1. The Bertz CT molecular complexity index is 938. The van der Waals surface area contributed by atoms with E-state index in [0.717, 1.165) is 16.9 Å². The molecular formula is C18H19N3O4S. The first kappa shape index (κ1) is 18.1. The van der Waals surface area contributed by atoms with Crippen molar-refractivity contribution in [1.82, 2.24) is 14.9 Å². The van der Waals surface area contributed by atoms with Crippen LogP contribution in [0, 0.1) is 0 Å². The van der Waals surface area contributed by atoms with Gasteiger partial charge in [-0.3, -0.25) is 0 Å². The normalized spacial score (nSPS) is 11.4. The summed E-state index contributed by atoms with van der Waals surface area (Å²) in [4.78, 5) is 4.29. The molecule has 7 nitrogen and oxygen atoms in total. The Morgan fingerprint density at radius 2 is 1.81 bits per heavy atom. The number of methoxy groups -OCH3 is 1. The van der Waals surface area contributed by atoms with Crippen LogP contribution in [0.4, 0.5) is 0 Å². The van der Waals surface area contributed by atoms with Crippen LogP contribution in [0.5, 0.6) is 5.75 Å². The average molecular weight is 373 g/mol. The number of sulfonamides is 1. The molecule has 0 saturated carbocycles. The van der Waals surface area contributed by atoms with Gasteiger partial charge in [0, 0.05) is 18.5 Å². The van der Waals surface area contributed by atoms with Gasteiger partial charge in [-0.05, 0) is 29.8 Å². The zero-order valence-corrected chi connectivity index (χ0v) is 15.1. The molecule has 1 aromatic heterocycles. The molecule has 136 valence electrons. The monoisotopic (exact) mass is 373 g/mol. The van der Waals surface area contributed by atoms with Crippen LogP contribution in [0.25, 0.3) is 11.4 Å². The van der Waals surface area contributed by atoms with Gasteiger partial charge in [-0.15, -0.1) is 0 Å². The van der Waals surface area contributed by atoms with Crippen molar-refractivity contribution in [2.24, 2.45) is 0 Å². The molecule has 0 saturated heterocycles. The lowest BCUT2D eigenvalue weighted by molar-refractivity contribution is 0.379. The summed E-state index contributed by atoms with van der Waals surface area (Å²) in [5.41, 5.74) is 1.53. The largest absolute Gasteiger partial charge is 0.497 e. The van der Waals surface area contributed by atoms with E-state index in [2.05, 4.69) is 14.9 Å². The van der Waals surface area contributed by atoms with E-state index in [1.807, 2.05) is 42.5 Å². The van der Waals surface area contributed by atoms with Gasteiger partial charge in [0.15, 0.2) is 0 Å².